The van der Waals surface area contributed by atoms with Gasteiger partial charge in [0, 0.05) is 47.0 Å². The molecule has 0 fully saturated rings. The second-order valence-corrected chi connectivity index (χ2v) is 18.1. The highest BCUT2D eigenvalue weighted by molar-refractivity contribution is 7.26. The number of hydrogen-bond acceptors (Lipinski definition) is 3. The zero-order valence-corrected chi connectivity index (χ0v) is 35.4. The molecule has 12 rings (SSSR count). The van der Waals surface area contributed by atoms with Gasteiger partial charge in [0.05, 0.1) is 5.41 Å². The van der Waals surface area contributed by atoms with E-state index in [0.717, 1.165) is 17.1 Å². The van der Waals surface area contributed by atoms with Crippen molar-refractivity contribution in [2.75, 3.05) is 4.90 Å². The van der Waals surface area contributed by atoms with E-state index >= 15 is 0 Å². The van der Waals surface area contributed by atoms with Crippen molar-refractivity contribution in [2.24, 2.45) is 0 Å². The van der Waals surface area contributed by atoms with Crippen LogP contribution in [0.1, 0.15) is 22.3 Å². The van der Waals surface area contributed by atoms with E-state index in [2.05, 4.69) is 241 Å². The highest BCUT2D eigenvalue weighted by Gasteiger charge is 2.45. The molecule has 0 N–H and O–H groups in total. The van der Waals surface area contributed by atoms with E-state index in [-0.39, 0.29) is 0 Å². The molecule has 0 aliphatic heterocycles. The van der Waals surface area contributed by atoms with Crippen molar-refractivity contribution in [1.29, 1.82) is 0 Å². The molecule has 0 spiro atoms. The molecule has 0 saturated carbocycles. The molecular weight excluding hydrogens is 787 g/mol. The highest BCUT2D eigenvalue weighted by atomic mass is 32.1. The van der Waals surface area contributed by atoms with E-state index in [1.807, 2.05) is 22.7 Å². The van der Waals surface area contributed by atoms with Crippen LogP contribution in [0.2, 0.25) is 0 Å². The van der Waals surface area contributed by atoms with Crippen LogP contribution in [0.5, 0.6) is 0 Å². The minimum absolute atomic E-state index is 0.450. The van der Waals surface area contributed by atoms with Gasteiger partial charge in [-0.25, -0.2) is 0 Å². The summed E-state index contributed by atoms with van der Waals surface area (Å²) in [7, 11) is 0. The topological polar surface area (TPSA) is 3.24 Å². The molecule has 0 bridgehead atoms. The number of nitrogens with zero attached hydrogens (tertiary/aromatic N) is 1. The van der Waals surface area contributed by atoms with Crippen molar-refractivity contribution in [1.82, 2.24) is 0 Å². The van der Waals surface area contributed by atoms with Gasteiger partial charge in [0.1, 0.15) is 0 Å². The van der Waals surface area contributed by atoms with Crippen molar-refractivity contribution in [2.45, 2.75) is 5.41 Å². The summed E-state index contributed by atoms with van der Waals surface area (Å²) in [5.74, 6) is 0. The van der Waals surface area contributed by atoms with Crippen LogP contribution in [0.3, 0.4) is 0 Å². The first-order valence-corrected chi connectivity index (χ1v) is 22.8. The maximum Gasteiger partial charge on any atom is 0.0713 e. The Bertz CT molecular complexity index is 3330. The lowest BCUT2D eigenvalue weighted by Crippen LogP contribution is -2.28. The van der Waals surface area contributed by atoms with Crippen LogP contribution in [-0.4, -0.2) is 0 Å². The third-order valence-electron chi connectivity index (χ3n) is 12.6. The van der Waals surface area contributed by atoms with E-state index in [9.17, 15) is 0 Å². The smallest absolute Gasteiger partial charge is 0.0713 e. The monoisotopic (exact) mass is 825 g/mol. The maximum atomic E-state index is 2.40. The number of thiophene rings is 2. The Morgan fingerprint density at radius 3 is 1.42 bits per heavy atom. The van der Waals surface area contributed by atoms with Crippen molar-refractivity contribution in [3.8, 4) is 43.1 Å². The largest absolute Gasteiger partial charge is 0.311 e. The summed E-state index contributed by atoms with van der Waals surface area (Å²) in [4.78, 5) is 4.93. The van der Waals surface area contributed by atoms with Gasteiger partial charge in [0.15, 0.2) is 0 Å². The normalized spacial score (nSPS) is 12.6. The Morgan fingerprint density at radius 2 is 0.774 bits per heavy atom. The first-order valence-electron chi connectivity index (χ1n) is 21.2. The van der Waals surface area contributed by atoms with Gasteiger partial charge in [-0.2, -0.15) is 0 Å². The van der Waals surface area contributed by atoms with Crippen LogP contribution < -0.4 is 4.90 Å². The van der Waals surface area contributed by atoms with Gasteiger partial charge in [-0.15, -0.1) is 22.7 Å². The van der Waals surface area contributed by atoms with E-state index in [1.54, 1.807) is 0 Å². The average Bonchev–Trinajstić information content (AvgIpc) is 4.07. The molecule has 11 aromatic rings. The van der Waals surface area contributed by atoms with Gasteiger partial charge in [-0.3, -0.25) is 0 Å². The summed E-state index contributed by atoms with van der Waals surface area (Å²) >= 11 is 3.71. The first-order chi connectivity index (χ1) is 30.7. The van der Waals surface area contributed by atoms with Crippen LogP contribution >= 0.6 is 22.7 Å². The fraction of sp³-hybridized carbons (Fsp3) is 0.0169. The van der Waals surface area contributed by atoms with Crippen LogP contribution in [0.25, 0.3) is 63.3 Å². The Morgan fingerprint density at radius 1 is 0.306 bits per heavy atom. The molecule has 0 saturated heterocycles. The predicted octanol–water partition coefficient (Wildman–Crippen LogP) is 16.9. The van der Waals surface area contributed by atoms with Crippen LogP contribution in [0, 0.1) is 0 Å². The molecule has 1 aliphatic carbocycles. The lowest BCUT2D eigenvalue weighted by molar-refractivity contribution is 0.768. The van der Waals surface area contributed by atoms with Gasteiger partial charge in [-0.1, -0.05) is 182 Å². The molecule has 0 unspecified atom stereocenters. The average molecular weight is 826 g/mol. The van der Waals surface area contributed by atoms with Gasteiger partial charge in [0.25, 0.3) is 0 Å². The van der Waals surface area contributed by atoms with Gasteiger partial charge < -0.3 is 4.90 Å². The standard InChI is InChI=1S/C59H39NS2/c1-3-14-41(15-4-1)55-38-39-56(61-55)42-28-34-46(35-29-42)60(45-32-26-40(27-33-45)48-21-13-22-52-51-20-9-12-25-57(51)62-58(48)52)47-36-30-44(31-37-47)59(43-16-5-2-6-17-43)53-23-10-7-18-49(53)50-19-8-11-24-54(50)59/h1-39H. The van der Waals surface area contributed by atoms with Crippen molar-refractivity contribution in [3.63, 3.8) is 0 Å². The molecule has 1 aliphatic rings. The van der Waals surface area contributed by atoms with Crippen molar-refractivity contribution >= 4 is 59.9 Å². The second-order valence-electron chi connectivity index (χ2n) is 16.0. The zero-order chi connectivity index (χ0) is 41.0. The predicted molar refractivity (Wildman–Crippen MR) is 266 cm³/mol. The SMILES string of the molecule is c1ccc(-c2ccc(-c3ccc(N(c4ccc(-c5cccc6c5sc5ccccc56)cc4)c4ccc(C5(c6ccccc6)c6ccccc6-c6ccccc65)cc4)cc3)s2)cc1. The molecule has 0 radical (unpaired) electrons. The van der Waals surface area contributed by atoms with Gasteiger partial charge in [0.2, 0.25) is 0 Å². The second kappa shape index (κ2) is 15.0. The number of rotatable bonds is 8. The lowest BCUT2D eigenvalue weighted by Gasteiger charge is -2.34. The summed E-state index contributed by atoms with van der Waals surface area (Å²) in [6.45, 7) is 0. The van der Waals surface area contributed by atoms with Gasteiger partial charge in [-0.05, 0) is 110 Å². The minimum atomic E-state index is -0.450. The molecule has 292 valence electrons. The minimum Gasteiger partial charge on any atom is -0.311 e. The number of anilines is 3. The third kappa shape index (κ3) is 5.89. The molecule has 3 heteroatoms. The Hall–Kier alpha value is -7.30. The summed E-state index contributed by atoms with van der Waals surface area (Å²) < 4.78 is 2.65. The fourth-order valence-electron chi connectivity index (χ4n) is 9.81. The van der Waals surface area contributed by atoms with E-state index < -0.39 is 5.41 Å². The molecule has 2 heterocycles. The molecule has 1 nitrogen and oxygen atoms in total. The molecule has 0 atom stereocenters. The quantitative estimate of drug-likeness (QED) is 0.148. The van der Waals surface area contributed by atoms with Crippen LogP contribution in [0.15, 0.2) is 237 Å². The summed E-state index contributed by atoms with van der Waals surface area (Å²) in [6, 6.07) is 87.1. The first kappa shape index (κ1) is 36.5. The number of hydrogen-bond donors (Lipinski definition) is 0. The molecule has 62 heavy (non-hydrogen) atoms. The van der Waals surface area contributed by atoms with Crippen LogP contribution in [0.4, 0.5) is 17.1 Å². The van der Waals surface area contributed by atoms with E-state index in [0.29, 0.717) is 0 Å². The Balaban J connectivity index is 0.973. The summed E-state index contributed by atoms with van der Waals surface area (Å²) in [5, 5.41) is 2.64. The number of benzene rings is 9. The fourth-order valence-corrected chi connectivity index (χ4v) is 12.1. The van der Waals surface area contributed by atoms with Gasteiger partial charge >= 0.3 is 0 Å². The Labute approximate surface area is 370 Å². The highest BCUT2D eigenvalue weighted by Crippen LogP contribution is 2.56. The van der Waals surface area contributed by atoms with Crippen LogP contribution in [-0.2, 0) is 5.41 Å². The molecule has 0 amide bonds. The summed E-state index contributed by atoms with van der Waals surface area (Å²) in [6.07, 6.45) is 0. The molecular formula is C59H39NS2. The van der Waals surface area contributed by atoms with E-state index in [1.165, 1.54) is 85.6 Å². The lowest BCUT2D eigenvalue weighted by atomic mass is 9.68. The molecule has 9 aromatic carbocycles. The third-order valence-corrected chi connectivity index (χ3v) is 15.0. The zero-order valence-electron chi connectivity index (χ0n) is 33.8. The summed E-state index contributed by atoms with van der Waals surface area (Å²) in [5.41, 5.74) is 15.6. The Kier molecular flexibility index (Phi) is 8.84. The van der Waals surface area contributed by atoms with E-state index in [4.69, 9.17) is 0 Å². The maximum absolute atomic E-state index is 2.40. The van der Waals surface area contributed by atoms with Crippen molar-refractivity contribution in [3.05, 3.63) is 259 Å². The molecule has 2 aromatic heterocycles. The van der Waals surface area contributed by atoms with Crippen molar-refractivity contribution < 1.29 is 0 Å². The number of fused-ring (bicyclic) bond motifs is 6.